The third kappa shape index (κ3) is 2.55. The SMILES string of the molecule is Nc1c(F)ccc(Oc2ccccc2CO)c1C(=O)O. The zero-order valence-corrected chi connectivity index (χ0v) is 10.3. The van der Waals surface area contributed by atoms with Crippen molar-refractivity contribution in [1.82, 2.24) is 0 Å². The van der Waals surface area contributed by atoms with E-state index in [1.165, 1.54) is 6.07 Å². The summed E-state index contributed by atoms with van der Waals surface area (Å²) < 4.78 is 18.8. The average Bonchev–Trinajstić information content (AvgIpc) is 2.43. The van der Waals surface area contributed by atoms with Crippen LogP contribution in [-0.4, -0.2) is 16.2 Å². The number of anilines is 1. The standard InChI is InChI=1S/C14H12FNO4/c15-9-5-6-11(12(13(9)16)14(18)19)20-10-4-2-1-3-8(10)7-17/h1-6,17H,7,16H2,(H,18,19). The normalized spacial score (nSPS) is 10.3. The lowest BCUT2D eigenvalue weighted by molar-refractivity contribution is 0.0695. The number of aliphatic hydroxyl groups is 1. The molecule has 0 amide bonds. The van der Waals surface area contributed by atoms with Crippen molar-refractivity contribution in [3.05, 3.63) is 53.3 Å². The molecule has 0 spiro atoms. The fourth-order valence-electron chi connectivity index (χ4n) is 1.73. The first kappa shape index (κ1) is 13.8. The first-order chi connectivity index (χ1) is 9.54. The number of para-hydroxylation sites is 1. The summed E-state index contributed by atoms with van der Waals surface area (Å²) in [6.07, 6.45) is 0. The molecule has 0 aromatic heterocycles. The molecule has 2 aromatic carbocycles. The van der Waals surface area contributed by atoms with Gasteiger partial charge in [-0.2, -0.15) is 0 Å². The predicted molar refractivity (Wildman–Crippen MR) is 70.2 cm³/mol. The van der Waals surface area contributed by atoms with E-state index in [0.29, 0.717) is 5.56 Å². The van der Waals surface area contributed by atoms with Crippen LogP contribution in [0.15, 0.2) is 36.4 Å². The molecule has 0 saturated carbocycles. The Morgan fingerprint density at radius 3 is 2.55 bits per heavy atom. The molecule has 0 heterocycles. The van der Waals surface area contributed by atoms with Gasteiger partial charge in [-0.1, -0.05) is 18.2 Å². The van der Waals surface area contributed by atoms with Crippen molar-refractivity contribution in [3.8, 4) is 11.5 Å². The van der Waals surface area contributed by atoms with Gasteiger partial charge in [0.05, 0.1) is 12.3 Å². The Hall–Kier alpha value is -2.60. The van der Waals surface area contributed by atoms with Gasteiger partial charge in [-0.25, -0.2) is 9.18 Å². The fraction of sp³-hybridized carbons (Fsp3) is 0.0714. The Morgan fingerprint density at radius 1 is 1.20 bits per heavy atom. The second kappa shape index (κ2) is 5.58. The lowest BCUT2D eigenvalue weighted by Crippen LogP contribution is -2.07. The average molecular weight is 277 g/mol. The monoisotopic (exact) mass is 277 g/mol. The van der Waals surface area contributed by atoms with Crippen LogP contribution in [0.1, 0.15) is 15.9 Å². The second-order valence-corrected chi connectivity index (χ2v) is 4.01. The predicted octanol–water partition coefficient (Wildman–Crippen LogP) is 2.39. The Kier molecular flexibility index (Phi) is 3.86. The van der Waals surface area contributed by atoms with Crippen LogP contribution in [0.2, 0.25) is 0 Å². The van der Waals surface area contributed by atoms with E-state index in [2.05, 4.69) is 0 Å². The van der Waals surface area contributed by atoms with E-state index in [1.807, 2.05) is 0 Å². The lowest BCUT2D eigenvalue weighted by Gasteiger charge is -2.13. The molecular weight excluding hydrogens is 265 g/mol. The lowest BCUT2D eigenvalue weighted by atomic mass is 10.1. The first-order valence-corrected chi connectivity index (χ1v) is 5.72. The summed E-state index contributed by atoms with van der Waals surface area (Å²) in [7, 11) is 0. The molecule has 104 valence electrons. The smallest absolute Gasteiger partial charge is 0.341 e. The molecule has 0 aliphatic carbocycles. The van der Waals surface area contributed by atoms with Gasteiger partial charge >= 0.3 is 5.97 Å². The summed E-state index contributed by atoms with van der Waals surface area (Å²) in [5, 5.41) is 18.3. The zero-order chi connectivity index (χ0) is 14.7. The van der Waals surface area contributed by atoms with E-state index < -0.39 is 23.0 Å². The van der Waals surface area contributed by atoms with Gasteiger partial charge in [0, 0.05) is 5.56 Å². The highest BCUT2D eigenvalue weighted by molar-refractivity contribution is 5.97. The van der Waals surface area contributed by atoms with E-state index in [1.54, 1.807) is 24.3 Å². The molecule has 4 N–H and O–H groups in total. The van der Waals surface area contributed by atoms with Gasteiger partial charge in [0.25, 0.3) is 0 Å². The molecule has 0 aliphatic heterocycles. The first-order valence-electron chi connectivity index (χ1n) is 5.72. The fourth-order valence-corrected chi connectivity index (χ4v) is 1.73. The Balaban J connectivity index is 2.49. The van der Waals surface area contributed by atoms with Crippen LogP contribution in [0.5, 0.6) is 11.5 Å². The van der Waals surface area contributed by atoms with E-state index in [4.69, 9.17) is 15.6 Å². The van der Waals surface area contributed by atoms with Crippen LogP contribution in [-0.2, 0) is 6.61 Å². The van der Waals surface area contributed by atoms with E-state index in [9.17, 15) is 14.3 Å². The summed E-state index contributed by atoms with van der Waals surface area (Å²) in [6.45, 7) is -0.269. The van der Waals surface area contributed by atoms with Crippen molar-refractivity contribution >= 4 is 11.7 Å². The molecule has 6 heteroatoms. The highest BCUT2D eigenvalue weighted by Gasteiger charge is 2.19. The number of aliphatic hydroxyl groups excluding tert-OH is 1. The van der Waals surface area contributed by atoms with Crippen molar-refractivity contribution in [2.45, 2.75) is 6.61 Å². The second-order valence-electron chi connectivity index (χ2n) is 4.01. The van der Waals surface area contributed by atoms with Gasteiger partial charge in [0.15, 0.2) is 0 Å². The van der Waals surface area contributed by atoms with Gasteiger partial charge in [-0.3, -0.25) is 0 Å². The molecule has 5 nitrogen and oxygen atoms in total. The van der Waals surface area contributed by atoms with Gasteiger partial charge < -0.3 is 20.7 Å². The Morgan fingerprint density at radius 2 is 1.90 bits per heavy atom. The number of halogens is 1. The molecule has 0 aliphatic rings. The van der Waals surface area contributed by atoms with Gasteiger partial charge in [-0.05, 0) is 18.2 Å². The number of carbonyl (C=O) groups is 1. The number of rotatable bonds is 4. The number of nitrogens with two attached hydrogens (primary N) is 1. The van der Waals surface area contributed by atoms with E-state index in [-0.39, 0.29) is 18.1 Å². The largest absolute Gasteiger partial charge is 0.477 e. The van der Waals surface area contributed by atoms with E-state index >= 15 is 0 Å². The minimum atomic E-state index is -1.39. The number of aromatic carboxylic acids is 1. The van der Waals surface area contributed by atoms with Gasteiger partial charge in [-0.15, -0.1) is 0 Å². The number of carboxylic acid groups (broad SMARTS) is 1. The zero-order valence-electron chi connectivity index (χ0n) is 10.3. The van der Waals surface area contributed by atoms with Gasteiger partial charge in [0.1, 0.15) is 22.9 Å². The number of hydrogen-bond acceptors (Lipinski definition) is 4. The van der Waals surface area contributed by atoms with Crippen LogP contribution in [0.3, 0.4) is 0 Å². The van der Waals surface area contributed by atoms with Gasteiger partial charge in [0.2, 0.25) is 0 Å². The topological polar surface area (TPSA) is 92.8 Å². The Bertz CT molecular complexity index is 658. The molecule has 20 heavy (non-hydrogen) atoms. The highest BCUT2D eigenvalue weighted by Crippen LogP contribution is 2.32. The third-order valence-electron chi connectivity index (χ3n) is 2.73. The Labute approximate surface area is 114 Å². The summed E-state index contributed by atoms with van der Waals surface area (Å²) in [5.74, 6) is -2.02. The summed E-state index contributed by atoms with van der Waals surface area (Å²) in [6, 6.07) is 8.78. The van der Waals surface area contributed by atoms with Crippen LogP contribution >= 0.6 is 0 Å². The van der Waals surface area contributed by atoms with Crippen molar-refractivity contribution in [3.63, 3.8) is 0 Å². The number of carboxylic acids is 1. The number of hydrogen-bond donors (Lipinski definition) is 3. The summed E-state index contributed by atoms with van der Waals surface area (Å²) in [5.41, 5.74) is 4.97. The maximum Gasteiger partial charge on any atom is 0.341 e. The molecule has 0 bridgehead atoms. The number of ether oxygens (including phenoxy) is 1. The molecule has 2 rings (SSSR count). The third-order valence-corrected chi connectivity index (χ3v) is 2.73. The van der Waals surface area contributed by atoms with Crippen molar-refractivity contribution in [2.75, 3.05) is 5.73 Å². The molecule has 0 atom stereocenters. The molecule has 0 fully saturated rings. The van der Waals surface area contributed by atoms with Crippen LogP contribution in [0.25, 0.3) is 0 Å². The minimum absolute atomic E-state index is 0.0858. The van der Waals surface area contributed by atoms with Crippen molar-refractivity contribution in [1.29, 1.82) is 0 Å². The molecule has 0 saturated heterocycles. The summed E-state index contributed by atoms with van der Waals surface area (Å²) in [4.78, 5) is 11.2. The maximum absolute atomic E-state index is 13.3. The molecule has 2 aromatic rings. The van der Waals surface area contributed by atoms with Crippen molar-refractivity contribution in [2.24, 2.45) is 0 Å². The van der Waals surface area contributed by atoms with Crippen molar-refractivity contribution < 1.29 is 24.1 Å². The number of nitrogen functional groups attached to an aromatic ring is 1. The minimum Gasteiger partial charge on any atom is -0.477 e. The highest BCUT2D eigenvalue weighted by atomic mass is 19.1. The number of benzene rings is 2. The van der Waals surface area contributed by atoms with Crippen LogP contribution in [0, 0.1) is 5.82 Å². The van der Waals surface area contributed by atoms with Crippen LogP contribution in [0.4, 0.5) is 10.1 Å². The molecular formula is C14H12FNO4. The van der Waals surface area contributed by atoms with E-state index in [0.717, 1.165) is 6.07 Å². The quantitative estimate of drug-likeness (QED) is 0.746. The maximum atomic E-state index is 13.3. The summed E-state index contributed by atoms with van der Waals surface area (Å²) >= 11 is 0. The molecule has 0 radical (unpaired) electrons. The molecule has 0 unspecified atom stereocenters. The van der Waals surface area contributed by atoms with Crippen LogP contribution < -0.4 is 10.5 Å².